The average Bonchev–Trinajstić information content (AvgIpc) is 3.29. The van der Waals surface area contributed by atoms with E-state index in [-0.39, 0.29) is 30.7 Å². The van der Waals surface area contributed by atoms with Gasteiger partial charge in [-0.05, 0) is 24.1 Å². The van der Waals surface area contributed by atoms with Gasteiger partial charge in [-0.25, -0.2) is 4.98 Å². The van der Waals surface area contributed by atoms with E-state index in [2.05, 4.69) is 22.3 Å². The lowest BCUT2D eigenvalue weighted by Crippen LogP contribution is -2.40. The number of hydrogen-bond donors (Lipinski definition) is 1. The standard InChI is InChI=1S/C26H28N4O4/c1-17(2)25-28-21-14-29(13-18-6-4-3-5-7-18)11-10-20(21)26(32)30(25)15-24(31)27-19-8-9-22-23(12-19)34-16-33-22/h3-9,12,17H,10-11,13-16H2,1-2H3,(H,27,31). The molecule has 0 saturated heterocycles. The van der Waals surface area contributed by atoms with Crippen molar-refractivity contribution in [3.63, 3.8) is 0 Å². The zero-order chi connectivity index (χ0) is 23.7. The first-order valence-corrected chi connectivity index (χ1v) is 11.6. The molecule has 2 aromatic carbocycles. The van der Waals surface area contributed by atoms with Crippen molar-refractivity contribution in [1.29, 1.82) is 0 Å². The first kappa shape index (κ1) is 22.2. The van der Waals surface area contributed by atoms with Crippen LogP contribution in [0, 0.1) is 0 Å². The van der Waals surface area contributed by atoms with Crippen LogP contribution in [0.2, 0.25) is 0 Å². The van der Waals surface area contributed by atoms with Gasteiger partial charge in [0.25, 0.3) is 5.56 Å². The van der Waals surface area contributed by atoms with Crippen LogP contribution in [-0.2, 0) is 30.8 Å². The zero-order valence-electron chi connectivity index (χ0n) is 19.4. The third-order valence-corrected chi connectivity index (χ3v) is 6.15. The zero-order valence-corrected chi connectivity index (χ0v) is 19.4. The summed E-state index contributed by atoms with van der Waals surface area (Å²) in [7, 11) is 0. The first-order valence-electron chi connectivity index (χ1n) is 11.6. The summed E-state index contributed by atoms with van der Waals surface area (Å²) in [4.78, 5) is 33.5. The van der Waals surface area contributed by atoms with Gasteiger partial charge in [0.05, 0.1) is 5.69 Å². The maximum Gasteiger partial charge on any atom is 0.257 e. The minimum Gasteiger partial charge on any atom is -0.454 e. The molecule has 2 aliphatic rings. The summed E-state index contributed by atoms with van der Waals surface area (Å²) in [6, 6.07) is 15.5. The molecular weight excluding hydrogens is 432 g/mol. The number of hydrogen-bond acceptors (Lipinski definition) is 6. The van der Waals surface area contributed by atoms with Crippen LogP contribution in [-0.4, -0.2) is 33.7 Å². The number of benzene rings is 2. The van der Waals surface area contributed by atoms with E-state index in [1.165, 1.54) is 10.1 Å². The van der Waals surface area contributed by atoms with Crippen LogP contribution in [0.15, 0.2) is 53.3 Å². The van der Waals surface area contributed by atoms with Gasteiger partial charge >= 0.3 is 0 Å². The summed E-state index contributed by atoms with van der Waals surface area (Å²) in [5, 5.41) is 2.86. The van der Waals surface area contributed by atoms with Crippen molar-refractivity contribution in [2.75, 3.05) is 18.7 Å². The van der Waals surface area contributed by atoms with Gasteiger partial charge in [0.2, 0.25) is 12.7 Å². The fourth-order valence-electron chi connectivity index (χ4n) is 4.49. The van der Waals surface area contributed by atoms with E-state index in [0.717, 1.165) is 18.8 Å². The van der Waals surface area contributed by atoms with Crippen molar-refractivity contribution in [3.8, 4) is 11.5 Å². The average molecular weight is 461 g/mol. The molecule has 8 nitrogen and oxygen atoms in total. The highest BCUT2D eigenvalue weighted by Gasteiger charge is 2.25. The van der Waals surface area contributed by atoms with Crippen LogP contribution < -0.4 is 20.3 Å². The molecule has 34 heavy (non-hydrogen) atoms. The Kier molecular flexibility index (Phi) is 6.06. The van der Waals surface area contributed by atoms with Gasteiger partial charge in [-0.2, -0.15) is 0 Å². The number of anilines is 1. The molecule has 0 spiro atoms. The van der Waals surface area contributed by atoms with Crippen molar-refractivity contribution in [2.45, 2.75) is 45.8 Å². The monoisotopic (exact) mass is 460 g/mol. The fraction of sp³-hybridized carbons (Fsp3) is 0.346. The van der Waals surface area contributed by atoms with E-state index in [9.17, 15) is 9.59 Å². The van der Waals surface area contributed by atoms with Gasteiger partial charge in [-0.3, -0.25) is 19.1 Å². The quantitative estimate of drug-likeness (QED) is 0.608. The number of ether oxygens (including phenoxy) is 2. The van der Waals surface area contributed by atoms with Crippen LogP contribution >= 0.6 is 0 Å². The number of carbonyl (C=O) groups is 1. The van der Waals surface area contributed by atoms with Crippen LogP contribution in [0.3, 0.4) is 0 Å². The van der Waals surface area contributed by atoms with E-state index >= 15 is 0 Å². The Bertz CT molecular complexity index is 1270. The summed E-state index contributed by atoms with van der Waals surface area (Å²) in [5.74, 6) is 1.59. The van der Waals surface area contributed by atoms with Gasteiger partial charge in [-0.15, -0.1) is 0 Å². The Labute approximate surface area is 198 Å². The van der Waals surface area contributed by atoms with E-state index in [0.29, 0.717) is 41.5 Å². The predicted molar refractivity (Wildman–Crippen MR) is 128 cm³/mol. The molecule has 0 aliphatic carbocycles. The second kappa shape index (κ2) is 9.30. The van der Waals surface area contributed by atoms with Crippen LogP contribution in [0.5, 0.6) is 11.5 Å². The molecule has 0 saturated carbocycles. The van der Waals surface area contributed by atoms with Crippen molar-refractivity contribution in [1.82, 2.24) is 14.5 Å². The molecular formula is C26H28N4O4. The van der Waals surface area contributed by atoms with E-state index in [1.54, 1.807) is 18.2 Å². The topological polar surface area (TPSA) is 85.7 Å². The number of rotatable bonds is 6. The van der Waals surface area contributed by atoms with Crippen LogP contribution in [0.4, 0.5) is 5.69 Å². The van der Waals surface area contributed by atoms with Gasteiger partial charge in [0, 0.05) is 42.9 Å². The highest BCUT2D eigenvalue weighted by Crippen LogP contribution is 2.34. The fourth-order valence-corrected chi connectivity index (χ4v) is 4.49. The third kappa shape index (κ3) is 4.54. The summed E-state index contributed by atoms with van der Waals surface area (Å²) >= 11 is 0. The lowest BCUT2D eigenvalue weighted by atomic mass is 10.0. The van der Waals surface area contributed by atoms with Gasteiger partial charge in [0.15, 0.2) is 11.5 Å². The van der Waals surface area contributed by atoms with E-state index in [4.69, 9.17) is 14.5 Å². The normalized spacial score (nSPS) is 14.8. The summed E-state index contributed by atoms with van der Waals surface area (Å²) in [5.41, 5.74) is 3.25. The van der Waals surface area contributed by atoms with E-state index in [1.807, 2.05) is 32.0 Å². The number of carbonyl (C=O) groups excluding carboxylic acids is 1. The second-order valence-corrected chi connectivity index (χ2v) is 9.00. The molecule has 0 fully saturated rings. The molecule has 1 N–H and O–H groups in total. The highest BCUT2D eigenvalue weighted by molar-refractivity contribution is 5.91. The molecule has 8 heteroatoms. The van der Waals surface area contributed by atoms with Crippen LogP contribution in [0.25, 0.3) is 0 Å². The summed E-state index contributed by atoms with van der Waals surface area (Å²) in [6.07, 6.45) is 0.621. The molecule has 0 bridgehead atoms. The number of fused-ring (bicyclic) bond motifs is 2. The number of nitrogens with one attached hydrogen (secondary N) is 1. The molecule has 0 unspecified atom stereocenters. The van der Waals surface area contributed by atoms with Gasteiger partial charge in [0.1, 0.15) is 12.4 Å². The van der Waals surface area contributed by atoms with Crippen molar-refractivity contribution < 1.29 is 14.3 Å². The Morgan fingerprint density at radius 3 is 2.71 bits per heavy atom. The molecule has 176 valence electrons. The maximum atomic E-state index is 13.4. The number of nitrogens with zero attached hydrogens (tertiary/aromatic N) is 3. The maximum absolute atomic E-state index is 13.4. The largest absolute Gasteiger partial charge is 0.454 e. The van der Waals surface area contributed by atoms with Gasteiger partial charge < -0.3 is 14.8 Å². The molecule has 2 aliphatic heterocycles. The van der Waals surface area contributed by atoms with Crippen molar-refractivity contribution in [3.05, 3.63) is 81.5 Å². The van der Waals surface area contributed by atoms with Gasteiger partial charge in [-0.1, -0.05) is 44.2 Å². The Hall–Kier alpha value is -3.65. The minimum absolute atomic E-state index is 0.000781. The lowest BCUT2D eigenvalue weighted by molar-refractivity contribution is -0.116. The number of amides is 1. The Morgan fingerprint density at radius 1 is 1.12 bits per heavy atom. The van der Waals surface area contributed by atoms with Crippen molar-refractivity contribution in [2.24, 2.45) is 0 Å². The molecule has 3 heterocycles. The second-order valence-electron chi connectivity index (χ2n) is 9.00. The smallest absolute Gasteiger partial charge is 0.257 e. The molecule has 3 aromatic rings. The minimum atomic E-state index is -0.286. The summed E-state index contributed by atoms with van der Waals surface area (Å²) < 4.78 is 12.2. The molecule has 0 atom stereocenters. The molecule has 0 radical (unpaired) electrons. The first-order chi connectivity index (χ1) is 16.5. The van der Waals surface area contributed by atoms with Crippen molar-refractivity contribution >= 4 is 11.6 Å². The molecule has 1 amide bonds. The molecule has 5 rings (SSSR count). The van der Waals surface area contributed by atoms with Crippen LogP contribution in [0.1, 0.15) is 42.4 Å². The highest BCUT2D eigenvalue weighted by atomic mass is 16.7. The van der Waals surface area contributed by atoms with E-state index < -0.39 is 0 Å². The molecule has 1 aromatic heterocycles. The predicted octanol–water partition coefficient (Wildman–Crippen LogP) is 3.29. The number of aromatic nitrogens is 2. The summed E-state index contributed by atoms with van der Waals surface area (Å²) in [6.45, 7) is 6.29. The Morgan fingerprint density at radius 2 is 1.91 bits per heavy atom. The Balaban J connectivity index is 1.36. The third-order valence-electron chi connectivity index (χ3n) is 6.15. The lowest BCUT2D eigenvalue weighted by Gasteiger charge is -2.29. The SMILES string of the molecule is CC(C)c1nc2c(c(=O)n1CC(=O)Nc1ccc3c(c1)OCO3)CCN(Cc1ccccc1)C2.